The van der Waals surface area contributed by atoms with E-state index in [-0.39, 0.29) is 36.2 Å². The molecule has 0 spiro atoms. The molecule has 0 aliphatic heterocycles. The molecule has 1 amide bonds. The molecule has 6 nitrogen and oxygen atoms in total. The second-order valence-corrected chi connectivity index (χ2v) is 8.65. The van der Waals surface area contributed by atoms with Gasteiger partial charge < -0.3 is 20.1 Å². The molecule has 182 valence electrons. The van der Waals surface area contributed by atoms with Crippen LogP contribution >= 0.6 is 24.0 Å². The summed E-state index contributed by atoms with van der Waals surface area (Å²) in [5.41, 5.74) is 6.61. The number of carbonyl (C=O) groups excluding carboxylic acids is 1. The Morgan fingerprint density at radius 2 is 1.55 bits per heavy atom. The van der Waals surface area contributed by atoms with Gasteiger partial charge in [-0.15, -0.1) is 12.4 Å². The molecule has 3 N–H and O–H groups in total. The second kappa shape index (κ2) is 14.0. The topological polar surface area (TPSA) is 88.6 Å². The van der Waals surface area contributed by atoms with Crippen LogP contribution in [0.4, 0.5) is 0 Å². The van der Waals surface area contributed by atoms with Crippen LogP contribution in [-0.2, 0) is 0 Å². The molecule has 0 radical (unpaired) electrons. The standard InChI is InChI=1S/C25H34ClN3O3.ClH/c1-17(2)29(18(3)4)25(30)19-9-8-10-20(15-19)31-13-6-5-7-14-32-21-11-12-22(24(27)28)23(26)16-21;/h8-12,15-18H,5-7,13-14H2,1-4H3,(H3,27,28);1H. The number of nitrogens with zero attached hydrogens (tertiary/aromatic N) is 1. The van der Waals surface area contributed by atoms with Crippen LogP contribution in [0.2, 0.25) is 5.02 Å². The van der Waals surface area contributed by atoms with E-state index in [1.165, 1.54) is 0 Å². The predicted octanol–water partition coefficient (Wildman–Crippen LogP) is 5.93. The van der Waals surface area contributed by atoms with Gasteiger partial charge in [0.15, 0.2) is 0 Å². The Morgan fingerprint density at radius 1 is 0.970 bits per heavy atom. The Kier molecular flexibility index (Phi) is 12.1. The third-order valence-electron chi connectivity index (χ3n) is 4.99. The van der Waals surface area contributed by atoms with Gasteiger partial charge in [0.25, 0.3) is 5.91 Å². The first-order chi connectivity index (χ1) is 15.2. The van der Waals surface area contributed by atoms with Crippen LogP contribution < -0.4 is 15.2 Å². The maximum Gasteiger partial charge on any atom is 0.254 e. The van der Waals surface area contributed by atoms with Gasteiger partial charge in [0, 0.05) is 23.2 Å². The average Bonchev–Trinajstić information content (AvgIpc) is 2.72. The van der Waals surface area contributed by atoms with Crippen LogP contribution in [-0.4, -0.2) is 41.9 Å². The molecule has 0 saturated heterocycles. The highest BCUT2D eigenvalue weighted by Gasteiger charge is 2.21. The first-order valence-electron chi connectivity index (χ1n) is 11.0. The Labute approximate surface area is 208 Å². The van der Waals surface area contributed by atoms with Gasteiger partial charge in [-0.2, -0.15) is 0 Å². The van der Waals surface area contributed by atoms with Gasteiger partial charge in [-0.25, -0.2) is 0 Å². The van der Waals surface area contributed by atoms with Gasteiger partial charge in [-0.3, -0.25) is 10.2 Å². The molecular weight excluding hydrogens is 461 g/mol. The number of rotatable bonds is 12. The number of unbranched alkanes of at least 4 members (excludes halogenated alkanes) is 2. The molecule has 2 rings (SSSR count). The zero-order valence-electron chi connectivity index (χ0n) is 19.8. The van der Waals surface area contributed by atoms with Crippen molar-refractivity contribution in [2.75, 3.05) is 13.2 Å². The summed E-state index contributed by atoms with van der Waals surface area (Å²) in [6, 6.07) is 12.8. The van der Waals surface area contributed by atoms with Crippen molar-refractivity contribution >= 4 is 35.8 Å². The third-order valence-corrected chi connectivity index (χ3v) is 5.30. The van der Waals surface area contributed by atoms with Crippen LogP contribution in [0.1, 0.15) is 62.9 Å². The number of nitrogens with two attached hydrogens (primary N) is 1. The maximum atomic E-state index is 12.8. The van der Waals surface area contributed by atoms with Crippen molar-refractivity contribution in [3.63, 3.8) is 0 Å². The molecule has 2 aromatic carbocycles. The molecule has 0 aliphatic rings. The van der Waals surface area contributed by atoms with Crippen molar-refractivity contribution < 1.29 is 14.3 Å². The van der Waals surface area contributed by atoms with E-state index < -0.39 is 0 Å². The number of amidine groups is 1. The molecule has 0 fully saturated rings. The molecular formula is C25H35Cl2N3O3. The summed E-state index contributed by atoms with van der Waals surface area (Å²) in [5.74, 6) is 1.33. The van der Waals surface area contributed by atoms with Crippen LogP contribution in [0.5, 0.6) is 11.5 Å². The van der Waals surface area contributed by atoms with E-state index in [2.05, 4.69) is 0 Å². The summed E-state index contributed by atoms with van der Waals surface area (Å²) in [6.07, 6.45) is 2.72. The molecule has 0 aromatic heterocycles. The largest absolute Gasteiger partial charge is 0.494 e. The fourth-order valence-corrected chi connectivity index (χ4v) is 3.77. The lowest BCUT2D eigenvalue weighted by atomic mass is 10.1. The van der Waals surface area contributed by atoms with Gasteiger partial charge in [0.2, 0.25) is 0 Å². The highest BCUT2D eigenvalue weighted by molar-refractivity contribution is 6.34. The average molecular weight is 496 g/mol. The van der Waals surface area contributed by atoms with Gasteiger partial charge in [0.1, 0.15) is 17.3 Å². The van der Waals surface area contributed by atoms with E-state index in [4.69, 9.17) is 32.2 Å². The van der Waals surface area contributed by atoms with Gasteiger partial charge >= 0.3 is 0 Å². The summed E-state index contributed by atoms with van der Waals surface area (Å²) < 4.78 is 11.6. The van der Waals surface area contributed by atoms with E-state index in [0.29, 0.717) is 40.9 Å². The van der Waals surface area contributed by atoms with Crippen LogP contribution in [0.25, 0.3) is 0 Å². The number of nitrogens with one attached hydrogen (secondary N) is 1. The molecule has 0 heterocycles. The van der Waals surface area contributed by atoms with Crippen molar-refractivity contribution in [2.45, 2.75) is 59.0 Å². The van der Waals surface area contributed by atoms with Crippen molar-refractivity contribution in [3.8, 4) is 11.5 Å². The maximum absolute atomic E-state index is 12.8. The Morgan fingerprint density at radius 3 is 2.06 bits per heavy atom. The van der Waals surface area contributed by atoms with Crippen molar-refractivity contribution in [3.05, 3.63) is 58.6 Å². The van der Waals surface area contributed by atoms with E-state index in [1.54, 1.807) is 18.2 Å². The van der Waals surface area contributed by atoms with Crippen LogP contribution in [0.15, 0.2) is 42.5 Å². The van der Waals surface area contributed by atoms with E-state index in [9.17, 15) is 4.79 Å². The van der Waals surface area contributed by atoms with E-state index in [0.717, 1.165) is 19.3 Å². The Balaban J connectivity index is 0.00000544. The SMILES string of the molecule is CC(C)N(C(=O)c1cccc(OCCCCCOc2ccc(C(=N)N)c(Cl)c2)c1)C(C)C.Cl. The lowest BCUT2D eigenvalue weighted by Gasteiger charge is -2.31. The second-order valence-electron chi connectivity index (χ2n) is 8.24. The quantitative estimate of drug-likeness (QED) is 0.217. The normalized spacial score (nSPS) is 10.6. The summed E-state index contributed by atoms with van der Waals surface area (Å²) >= 11 is 6.10. The monoisotopic (exact) mass is 495 g/mol. The number of benzene rings is 2. The van der Waals surface area contributed by atoms with Crippen molar-refractivity contribution in [2.24, 2.45) is 5.73 Å². The number of amides is 1. The number of ether oxygens (including phenoxy) is 2. The molecule has 0 saturated carbocycles. The van der Waals surface area contributed by atoms with Crippen molar-refractivity contribution in [1.29, 1.82) is 5.41 Å². The summed E-state index contributed by atoms with van der Waals surface area (Å²) in [7, 11) is 0. The van der Waals surface area contributed by atoms with Gasteiger partial charge in [-0.1, -0.05) is 17.7 Å². The van der Waals surface area contributed by atoms with Gasteiger partial charge in [-0.05, 0) is 83.4 Å². The number of nitrogen functional groups attached to an aromatic ring is 1. The Bertz CT molecular complexity index is 912. The van der Waals surface area contributed by atoms with E-state index in [1.807, 2.05) is 56.9 Å². The smallest absolute Gasteiger partial charge is 0.254 e. The minimum Gasteiger partial charge on any atom is -0.494 e. The molecule has 0 unspecified atom stereocenters. The number of halogens is 2. The third kappa shape index (κ3) is 8.78. The molecule has 8 heteroatoms. The zero-order valence-corrected chi connectivity index (χ0v) is 21.3. The first kappa shape index (κ1) is 28.6. The number of hydrogen-bond acceptors (Lipinski definition) is 4. The van der Waals surface area contributed by atoms with Crippen molar-refractivity contribution in [1.82, 2.24) is 4.90 Å². The minimum atomic E-state index is -0.0615. The molecule has 0 bridgehead atoms. The molecule has 2 aromatic rings. The zero-order chi connectivity index (χ0) is 23.7. The first-order valence-corrected chi connectivity index (χ1v) is 11.4. The fraction of sp³-hybridized carbons (Fsp3) is 0.440. The van der Waals surface area contributed by atoms with Crippen LogP contribution in [0, 0.1) is 5.41 Å². The molecule has 0 aliphatic carbocycles. The Hall–Kier alpha value is -2.44. The minimum absolute atomic E-state index is 0. The summed E-state index contributed by atoms with van der Waals surface area (Å²) in [5, 5.41) is 7.86. The summed E-state index contributed by atoms with van der Waals surface area (Å²) in [6.45, 7) is 9.25. The van der Waals surface area contributed by atoms with E-state index >= 15 is 0 Å². The molecule has 33 heavy (non-hydrogen) atoms. The highest BCUT2D eigenvalue weighted by Crippen LogP contribution is 2.22. The predicted molar refractivity (Wildman–Crippen MR) is 137 cm³/mol. The lowest BCUT2D eigenvalue weighted by molar-refractivity contribution is 0.0643. The van der Waals surface area contributed by atoms with Gasteiger partial charge in [0.05, 0.1) is 18.2 Å². The summed E-state index contributed by atoms with van der Waals surface area (Å²) in [4.78, 5) is 14.7. The van der Waals surface area contributed by atoms with Crippen LogP contribution in [0.3, 0.4) is 0 Å². The lowest BCUT2D eigenvalue weighted by Crippen LogP contribution is -2.42. The number of carbonyl (C=O) groups is 1. The number of hydrogen-bond donors (Lipinski definition) is 2. The molecule has 0 atom stereocenters. The highest BCUT2D eigenvalue weighted by atomic mass is 35.5. The fourth-order valence-electron chi connectivity index (χ4n) is 3.50.